The quantitative estimate of drug-likeness (QED) is 0.346. The van der Waals surface area contributed by atoms with Crippen LogP contribution in [0.15, 0.2) is 0 Å². The van der Waals surface area contributed by atoms with E-state index in [9.17, 15) is 0 Å². The zero-order valence-corrected chi connectivity index (χ0v) is 14.3. The van der Waals surface area contributed by atoms with Gasteiger partial charge in [-0.05, 0) is 0 Å². The Kier molecular flexibility index (Phi) is 2210. The van der Waals surface area contributed by atoms with Crippen molar-refractivity contribution in [2.24, 2.45) is 0 Å². The van der Waals surface area contributed by atoms with Crippen molar-refractivity contribution in [3.05, 3.63) is 24.6 Å². The summed E-state index contributed by atoms with van der Waals surface area (Å²) in [5.74, 6) is 0. The Bertz CT molecular complexity index is 9.71. The summed E-state index contributed by atoms with van der Waals surface area (Å²) in [5, 5.41) is 0. The molecular weight excluding hydrogens is 662 g/mol. The van der Waals surface area contributed by atoms with Crippen LogP contribution in [-0.4, -0.2) is 0 Å². The summed E-state index contributed by atoms with van der Waals surface area (Å²) in [6.07, 6.45) is 0. The summed E-state index contributed by atoms with van der Waals surface area (Å²) >= 11 is 0. The van der Waals surface area contributed by atoms with Crippen molar-refractivity contribution in [1.29, 1.82) is 0 Å². The Morgan fingerprint density at radius 2 is 0.300 bits per heavy atom. The molecule has 68 valence electrons. The minimum atomic E-state index is 0. The second-order valence-electron chi connectivity index (χ2n) is 0. The second kappa shape index (κ2) is 132. The van der Waals surface area contributed by atoms with Crippen LogP contribution in [0.1, 0.15) is 0 Å². The third-order valence-corrected chi connectivity index (χ3v) is 0. The van der Waals surface area contributed by atoms with Crippen molar-refractivity contribution in [2.75, 3.05) is 0 Å². The zero-order chi connectivity index (χ0) is 0. The van der Waals surface area contributed by atoms with E-state index in [4.69, 9.17) is 0 Å². The summed E-state index contributed by atoms with van der Waals surface area (Å²) in [6, 6.07) is 0. The molecule has 0 aromatic rings. The summed E-state index contributed by atoms with van der Waals surface area (Å²) in [4.78, 5) is 0. The van der Waals surface area contributed by atoms with E-state index in [1.54, 1.807) is 0 Å². The number of hydrogen-bond acceptors (Lipinski definition) is 0. The van der Waals surface area contributed by atoms with Gasteiger partial charge in [-0.3, -0.25) is 0 Å². The van der Waals surface area contributed by atoms with Gasteiger partial charge in [-0.15, -0.1) is 0 Å². The van der Waals surface area contributed by atoms with E-state index in [-0.39, 0.29) is 141 Å². The fourth-order valence-corrected chi connectivity index (χ4v) is 0. The third kappa shape index (κ3) is 101. The molecule has 0 N–H and O–H groups in total. The van der Waals surface area contributed by atoms with Gasteiger partial charge in [0.05, 0.1) is 0 Å². The van der Waals surface area contributed by atoms with Crippen molar-refractivity contribution in [3.63, 3.8) is 0 Å². The molecule has 0 saturated heterocycles. The molecule has 0 spiro atoms. The molecule has 4 nitrogen and oxygen atoms in total. The monoisotopic (exact) mass is 667 g/mol. The zero-order valence-electron chi connectivity index (χ0n) is 3.91. The Hall–Kier alpha value is 3.58. The van der Waals surface area contributed by atoms with Crippen LogP contribution < -0.4 is 0 Å². The number of rotatable bonds is 0. The van der Waals surface area contributed by atoms with E-state index in [0.29, 0.717) is 0 Å². The molecular formula is N4Ru6. The van der Waals surface area contributed by atoms with Crippen LogP contribution in [0.5, 0.6) is 0 Å². The summed E-state index contributed by atoms with van der Waals surface area (Å²) in [5.41, 5.74) is 0. The van der Waals surface area contributed by atoms with Crippen LogP contribution in [-0.2, 0) is 117 Å². The van der Waals surface area contributed by atoms with Gasteiger partial charge in [0.15, 0.2) is 0 Å². The molecule has 0 atom stereocenters. The fourth-order valence-electron chi connectivity index (χ4n) is 0. The van der Waals surface area contributed by atoms with Crippen LogP contribution in [0.25, 0.3) is 24.6 Å². The van der Waals surface area contributed by atoms with E-state index in [2.05, 4.69) is 0 Å². The minimum Gasteiger partial charge on any atom is -3.00 e. The third-order valence-electron chi connectivity index (χ3n) is 0. The Morgan fingerprint density at radius 3 is 0.300 bits per heavy atom. The maximum absolute atomic E-state index is 0. The summed E-state index contributed by atoms with van der Waals surface area (Å²) in [6.45, 7) is 0. The number of nitrogens with zero attached hydrogens (tertiary/aromatic N) is 4. The van der Waals surface area contributed by atoms with Crippen LogP contribution in [0.4, 0.5) is 0 Å². The molecule has 10 heteroatoms. The van der Waals surface area contributed by atoms with Crippen LogP contribution in [0, 0.1) is 0 Å². The summed E-state index contributed by atoms with van der Waals surface area (Å²) in [7, 11) is 0. The van der Waals surface area contributed by atoms with Gasteiger partial charge in [-0.1, -0.05) is 0 Å². The van der Waals surface area contributed by atoms with Gasteiger partial charge in [0.25, 0.3) is 0 Å². The average molecular weight is 662 g/mol. The van der Waals surface area contributed by atoms with Crippen LogP contribution >= 0.6 is 0 Å². The fraction of sp³-hybridized carbons (Fsp3) is 0. The van der Waals surface area contributed by atoms with E-state index in [1.165, 1.54) is 0 Å². The van der Waals surface area contributed by atoms with E-state index in [1.807, 2.05) is 0 Å². The van der Waals surface area contributed by atoms with Crippen LogP contribution in [0.2, 0.25) is 0 Å². The average Bonchev–Trinajstić information content (AvgIpc) is 0. The molecule has 0 rings (SSSR count). The Balaban J connectivity index is 0. The van der Waals surface area contributed by atoms with E-state index >= 15 is 0 Å². The first kappa shape index (κ1) is 168. The van der Waals surface area contributed by atoms with Gasteiger partial charge >= 0.3 is 58.4 Å². The van der Waals surface area contributed by atoms with E-state index < -0.39 is 0 Å². The smallest absolute Gasteiger partial charge is 3.00 e. The maximum atomic E-state index is 0. The topological polar surface area (TPSA) is 122 Å². The van der Waals surface area contributed by atoms with Gasteiger partial charge in [-0.25, -0.2) is 0 Å². The second-order valence-corrected chi connectivity index (χ2v) is 0. The molecule has 0 saturated carbocycles. The molecule has 0 aromatic carbocycles. The molecule has 0 aliphatic carbocycles. The first-order valence-electron chi connectivity index (χ1n) is 0. The normalized spacial score (nSPS) is 0. The predicted octanol–water partition coefficient (Wildman–Crippen LogP) is 1.14. The minimum absolute atomic E-state index is 0. The van der Waals surface area contributed by atoms with Crippen molar-refractivity contribution in [3.8, 4) is 0 Å². The first-order chi connectivity index (χ1) is 0. The Morgan fingerprint density at radius 1 is 0.300 bits per heavy atom. The van der Waals surface area contributed by atoms with Crippen molar-refractivity contribution in [1.82, 2.24) is 0 Å². The molecule has 0 amide bonds. The molecule has 0 aliphatic heterocycles. The van der Waals surface area contributed by atoms with E-state index in [0.717, 1.165) is 0 Å². The molecule has 0 aliphatic rings. The predicted molar refractivity (Wildman–Crippen MR) is 13.4 cm³/mol. The molecule has 0 unspecified atom stereocenters. The largest absolute Gasteiger partial charge is 4.00 e. The van der Waals surface area contributed by atoms with Gasteiger partial charge in [-0.2, -0.15) is 0 Å². The van der Waals surface area contributed by atoms with Crippen molar-refractivity contribution >= 4 is 0 Å². The SMILES string of the molecule is [N-3].[N-3].[N-3].[N-3].[Ru+4].[Ru+4].[Ru+4].[Ru].[Ru].[Ru]. The Labute approximate surface area is 139 Å². The standard InChI is InChI=1S/4N.6Ru/q4*-3;;;;3*+4. The molecule has 0 fully saturated rings. The van der Waals surface area contributed by atoms with Gasteiger partial charge in [0, 0.05) is 58.4 Å². The molecule has 0 aromatic heterocycles. The molecule has 0 heterocycles. The van der Waals surface area contributed by atoms with Crippen LogP contribution in [0.3, 0.4) is 0 Å². The first-order valence-corrected chi connectivity index (χ1v) is 0. The van der Waals surface area contributed by atoms with Gasteiger partial charge < -0.3 is 24.6 Å². The molecule has 0 radical (unpaired) electrons. The number of hydrogen-bond donors (Lipinski definition) is 0. The van der Waals surface area contributed by atoms with Crippen molar-refractivity contribution in [2.45, 2.75) is 0 Å². The summed E-state index contributed by atoms with van der Waals surface area (Å²) < 4.78 is 0. The van der Waals surface area contributed by atoms with Gasteiger partial charge in [0.2, 0.25) is 0 Å². The molecule has 10 heavy (non-hydrogen) atoms. The van der Waals surface area contributed by atoms with Gasteiger partial charge in [0.1, 0.15) is 0 Å². The van der Waals surface area contributed by atoms with Crippen molar-refractivity contribution < 1.29 is 117 Å². The molecule has 0 bridgehead atoms. The maximum Gasteiger partial charge on any atom is 4.00 e.